The number of benzene rings is 2. The quantitative estimate of drug-likeness (QED) is 0.794. The Morgan fingerprint density at radius 3 is 2.65 bits per heavy atom. The van der Waals surface area contributed by atoms with Crippen LogP contribution in [-0.2, 0) is 6.54 Å². The van der Waals surface area contributed by atoms with E-state index >= 15 is 0 Å². The number of halogens is 1. The summed E-state index contributed by atoms with van der Waals surface area (Å²) in [5.74, 6) is -0.194. The number of nitrogens with one attached hydrogen (secondary N) is 1. The van der Waals surface area contributed by atoms with Gasteiger partial charge in [0.2, 0.25) is 0 Å². The molecule has 0 saturated carbocycles. The van der Waals surface area contributed by atoms with Crippen LogP contribution in [-0.4, -0.2) is 0 Å². The Labute approximate surface area is 100 Å². The van der Waals surface area contributed by atoms with Gasteiger partial charge >= 0.3 is 0 Å². The summed E-state index contributed by atoms with van der Waals surface area (Å²) in [7, 11) is 0. The van der Waals surface area contributed by atoms with Crippen molar-refractivity contribution in [2.75, 3.05) is 11.1 Å². The van der Waals surface area contributed by atoms with Crippen molar-refractivity contribution in [3.05, 3.63) is 59.4 Å². The number of aryl methyl sites for hydroxylation is 1. The van der Waals surface area contributed by atoms with Gasteiger partial charge in [-0.1, -0.05) is 18.2 Å². The van der Waals surface area contributed by atoms with E-state index in [1.54, 1.807) is 12.1 Å². The molecule has 2 nitrogen and oxygen atoms in total. The Balaban J connectivity index is 2.10. The van der Waals surface area contributed by atoms with Crippen LogP contribution < -0.4 is 11.1 Å². The molecule has 2 aromatic carbocycles. The van der Waals surface area contributed by atoms with Gasteiger partial charge in [0.25, 0.3) is 0 Å². The number of hydrogen-bond donors (Lipinski definition) is 2. The van der Waals surface area contributed by atoms with E-state index in [2.05, 4.69) is 5.32 Å². The molecular weight excluding hydrogens is 215 g/mol. The monoisotopic (exact) mass is 230 g/mol. The Kier molecular flexibility index (Phi) is 3.28. The van der Waals surface area contributed by atoms with Crippen LogP contribution >= 0.6 is 0 Å². The molecule has 0 aromatic heterocycles. The smallest absolute Gasteiger partial charge is 0.128 e. The molecule has 0 aliphatic rings. The zero-order chi connectivity index (χ0) is 12.3. The minimum absolute atomic E-state index is 0.194. The van der Waals surface area contributed by atoms with E-state index in [1.165, 1.54) is 6.07 Å². The average molecular weight is 230 g/mol. The molecule has 0 bridgehead atoms. The van der Waals surface area contributed by atoms with Crippen LogP contribution in [0.15, 0.2) is 42.5 Å². The molecule has 0 heterocycles. The van der Waals surface area contributed by atoms with Crippen molar-refractivity contribution in [2.45, 2.75) is 13.5 Å². The SMILES string of the molecule is Cc1cc(N)cc(NCc2ccccc2F)c1. The lowest BCUT2D eigenvalue weighted by molar-refractivity contribution is 0.613. The highest BCUT2D eigenvalue weighted by atomic mass is 19.1. The summed E-state index contributed by atoms with van der Waals surface area (Å²) in [6, 6.07) is 12.5. The summed E-state index contributed by atoms with van der Waals surface area (Å²) in [5.41, 5.74) is 9.09. The fourth-order valence-corrected chi connectivity index (χ4v) is 1.75. The third-order valence-electron chi connectivity index (χ3n) is 2.54. The summed E-state index contributed by atoms with van der Waals surface area (Å²) in [6.07, 6.45) is 0. The van der Waals surface area contributed by atoms with Gasteiger partial charge in [-0.05, 0) is 36.8 Å². The molecule has 0 radical (unpaired) electrons. The van der Waals surface area contributed by atoms with Crippen molar-refractivity contribution in [2.24, 2.45) is 0 Å². The maximum Gasteiger partial charge on any atom is 0.128 e. The maximum absolute atomic E-state index is 13.4. The lowest BCUT2D eigenvalue weighted by atomic mass is 10.1. The van der Waals surface area contributed by atoms with Gasteiger partial charge < -0.3 is 11.1 Å². The van der Waals surface area contributed by atoms with Gasteiger partial charge in [0.05, 0.1) is 0 Å². The summed E-state index contributed by atoms with van der Waals surface area (Å²) in [5, 5.41) is 3.16. The number of nitrogen functional groups attached to an aromatic ring is 1. The molecule has 0 aliphatic heterocycles. The van der Waals surface area contributed by atoms with Crippen LogP contribution in [0.1, 0.15) is 11.1 Å². The largest absolute Gasteiger partial charge is 0.399 e. The summed E-state index contributed by atoms with van der Waals surface area (Å²) < 4.78 is 13.4. The van der Waals surface area contributed by atoms with Crippen molar-refractivity contribution < 1.29 is 4.39 Å². The highest BCUT2D eigenvalue weighted by Gasteiger charge is 2.01. The number of nitrogens with two attached hydrogens (primary N) is 1. The molecule has 3 heteroatoms. The second-order valence-corrected chi connectivity index (χ2v) is 4.08. The van der Waals surface area contributed by atoms with Gasteiger partial charge in [-0.3, -0.25) is 0 Å². The molecular formula is C14H15FN2. The highest BCUT2D eigenvalue weighted by molar-refractivity contribution is 5.56. The van der Waals surface area contributed by atoms with E-state index in [0.29, 0.717) is 17.8 Å². The summed E-state index contributed by atoms with van der Waals surface area (Å²) >= 11 is 0. The van der Waals surface area contributed by atoms with Gasteiger partial charge in [-0.25, -0.2) is 4.39 Å². The Morgan fingerprint density at radius 1 is 1.18 bits per heavy atom. The van der Waals surface area contributed by atoms with Crippen molar-refractivity contribution >= 4 is 11.4 Å². The Bertz CT molecular complexity index is 503. The summed E-state index contributed by atoms with van der Waals surface area (Å²) in [6.45, 7) is 2.43. The summed E-state index contributed by atoms with van der Waals surface area (Å²) in [4.78, 5) is 0. The lowest BCUT2D eigenvalue weighted by Crippen LogP contribution is -2.02. The molecule has 0 saturated heterocycles. The molecule has 0 spiro atoms. The zero-order valence-electron chi connectivity index (χ0n) is 9.70. The van der Waals surface area contributed by atoms with E-state index in [0.717, 1.165) is 11.3 Å². The van der Waals surface area contributed by atoms with Crippen LogP contribution in [0.2, 0.25) is 0 Å². The van der Waals surface area contributed by atoms with Gasteiger partial charge in [0.1, 0.15) is 5.82 Å². The number of anilines is 2. The first-order chi connectivity index (χ1) is 8.15. The average Bonchev–Trinajstić information content (AvgIpc) is 2.27. The van der Waals surface area contributed by atoms with Gasteiger partial charge in [-0.15, -0.1) is 0 Å². The standard InChI is InChI=1S/C14H15FN2/c1-10-6-12(16)8-13(7-10)17-9-11-4-2-3-5-14(11)15/h2-8,17H,9,16H2,1H3. The molecule has 2 rings (SSSR count). The van der Waals surface area contributed by atoms with Crippen LogP contribution in [0, 0.1) is 12.7 Å². The van der Waals surface area contributed by atoms with Crippen molar-refractivity contribution in [1.29, 1.82) is 0 Å². The first-order valence-electron chi connectivity index (χ1n) is 5.49. The van der Waals surface area contributed by atoms with E-state index in [4.69, 9.17) is 5.73 Å². The third-order valence-corrected chi connectivity index (χ3v) is 2.54. The van der Waals surface area contributed by atoms with Crippen LogP contribution in [0.3, 0.4) is 0 Å². The topological polar surface area (TPSA) is 38.0 Å². The van der Waals surface area contributed by atoms with Gasteiger partial charge in [0, 0.05) is 23.5 Å². The molecule has 0 aliphatic carbocycles. The van der Waals surface area contributed by atoms with Gasteiger partial charge in [0.15, 0.2) is 0 Å². The van der Waals surface area contributed by atoms with Crippen LogP contribution in [0.5, 0.6) is 0 Å². The zero-order valence-corrected chi connectivity index (χ0v) is 9.70. The normalized spacial score (nSPS) is 10.2. The minimum atomic E-state index is -0.194. The van der Waals surface area contributed by atoms with E-state index in [-0.39, 0.29) is 5.82 Å². The second kappa shape index (κ2) is 4.87. The predicted molar refractivity (Wildman–Crippen MR) is 69.3 cm³/mol. The first-order valence-corrected chi connectivity index (χ1v) is 5.49. The number of rotatable bonds is 3. The molecule has 0 fully saturated rings. The maximum atomic E-state index is 13.4. The van der Waals surface area contributed by atoms with E-state index < -0.39 is 0 Å². The molecule has 2 aromatic rings. The van der Waals surface area contributed by atoms with E-state index in [1.807, 2.05) is 31.2 Å². The Morgan fingerprint density at radius 2 is 1.94 bits per heavy atom. The molecule has 17 heavy (non-hydrogen) atoms. The van der Waals surface area contributed by atoms with Crippen LogP contribution in [0.25, 0.3) is 0 Å². The Hall–Kier alpha value is -2.03. The molecule has 0 amide bonds. The highest BCUT2D eigenvalue weighted by Crippen LogP contribution is 2.17. The molecule has 0 atom stereocenters. The third kappa shape index (κ3) is 2.97. The fourth-order valence-electron chi connectivity index (χ4n) is 1.75. The van der Waals surface area contributed by atoms with Gasteiger partial charge in [-0.2, -0.15) is 0 Å². The number of hydrogen-bond acceptors (Lipinski definition) is 2. The molecule has 88 valence electrons. The van der Waals surface area contributed by atoms with Crippen LogP contribution in [0.4, 0.5) is 15.8 Å². The van der Waals surface area contributed by atoms with Crippen molar-refractivity contribution in [1.82, 2.24) is 0 Å². The fraction of sp³-hybridized carbons (Fsp3) is 0.143. The first kappa shape index (κ1) is 11.5. The molecule has 3 N–H and O–H groups in total. The van der Waals surface area contributed by atoms with Crippen molar-refractivity contribution in [3.8, 4) is 0 Å². The lowest BCUT2D eigenvalue weighted by Gasteiger charge is -2.09. The minimum Gasteiger partial charge on any atom is -0.399 e. The van der Waals surface area contributed by atoms with E-state index in [9.17, 15) is 4.39 Å². The predicted octanol–water partition coefficient (Wildman–Crippen LogP) is 3.33. The molecule has 0 unspecified atom stereocenters. The van der Waals surface area contributed by atoms with Crippen molar-refractivity contribution in [3.63, 3.8) is 0 Å². The second-order valence-electron chi connectivity index (χ2n) is 4.08.